The van der Waals surface area contributed by atoms with Crippen LogP contribution in [0.2, 0.25) is 0 Å². The number of aromatic carboxylic acids is 1. The predicted octanol–water partition coefficient (Wildman–Crippen LogP) is 0.492. The van der Waals surface area contributed by atoms with E-state index in [1.165, 1.54) is 13.2 Å². The van der Waals surface area contributed by atoms with Gasteiger partial charge < -0.3 is 9.84 Å². The van der Waals surface area contributed by atoms with E-state index in [-0.39, 0.29) is 11.4 Å². The number of carbonyl (C=O) groups is 1. The van der Waals surface area contributed by atoms with Gasteiger partial charge in [0.1, 0.15) is 5.56 Å². The van der Waals surface area contributed by atoms with Gasteiger partial charge in [-0.1, -0.05) is 0 Å². The molecular weight excluding hydrogens is 160 g/mol. The molecule has 12 heavy (non-hydrogen) atoms. The molecule has 1 rings (SSSR count). The maximum atomic E-state index is 10.6. The lowest BCUT2D eigenvalue weighted by Crippen LogP contribution is -2.04. The van der Waals surface area contributed by atoms with Gasteiger partial charge in [0.25, 0.3) is 0 Å². The largest absolute Gasteiger partial charge is 0.479 e. The Balaban J connectivity index is 3.21. The first kappa shape index (κ1) is 8.45. The summed E-state index contributed by atoms with van der Waals surface area (Å²) in [5, 5.41) is 15.9. The van der Waals surface area contributed by atoms with Gasteiger partial charge in [0, 0.05) is 0 Å². The van der Waals surface area contributed by atoms with Crippen LogP contribution in [-0.2, 0) is 0 Å². The van der Waals surface area contributed by atoms with Crippen LogP contribution in [0.3, 0.4) is 0 Å². The van der Waals surface area contributed by atoms with Gasteiger partial charge in [-0.25, -0.2) is 4.79 Å². The summed E-state index contributed by atoms with van der Waals surface area (Å²) >= 11 is 0. The van der Waals surface area contributed by atoms with Crippen molar-refractivity contribution in [1.29, 1.82) is 0 Å². The van der Waals surface area contributed by atoms with Crippen LogP contribution in [0.25, 0.3) is 0 Å². The summed E-state index contributed by atoms with van der Waals surface area (Å²) in [5.41, 5.74) is 0.582. The van der Waals surface area contributed by atoms with E-state index in [0.717, 1.165) is 0 Å². The van der Waals surface area contributed by atoms with Gasteiger partial charge >= 0.3 is 5.97 Å². The van der Waals surface area contributed by atoms with Crippen molar-refractivity contribution in [2.45, 2.75) is 6.92 Å². The number of methoxy groups -OCH3 is 1. The fraction of sp³-hybridized carbons (Fsp3) is 0.286. The molecule has 1 aromatic heterocycles. The summed E-state index contributed by atoms with van der Waals surface area (Å²) in [6.07, 6.45) is 0. The molecule has 1 heterocycles. The van der Waals surface area contributed by atoms with Gasteiger partial charge in [-0.2, -0.15) is 5.10 Å². The van der Waals surface area contributed by atoms with Gasteiger partial charge in [-0.3, -0.25) is 0 Å². The molecule has 0 spiro atoms. The second-order valence-corrected chi connectivity index (χ2v) is 2.21. The number of aromatic nitrogens is 2. The summed E-state index contributed by atoms with van der Waals surface area (Å²) < 4.78 is 4.71. The second-order valence-electron chi connectivity index (χ2n) is 2.21. The van der Waals surface area contributed by atoms with Crippen LogP contribution in [0, 0.1) is 6.92 Å². The van der Waals surface area contributed by atoms with E-state index in [1.807, 2.05) is 0 Å². The topological polar surface area (TPSA) is 72.3 Å². The molecular formula is C7H8N2O3. The first-order valence-corrected chi connectivity index (χ1v) is 3.26. The average molecular weight is 168 g/mol. The van der Waals surface area contributed by atoms with E-state index in [0.29, 0.717) is 5.69 Å². The Labute approximate surface area is 69.0 Å². The van der Waals surface area contributed by atoms with Gasteiger partial charge in [-0.05, 0) is 13.0 Å². The van der Waals surface area contributed by atoms with Gasteiger partial charge in [0.2, 0.25) is 5.88 Å². The Morgan fingerprint density at radius 3 is 2.75 bits per heavy atom. The Morgan fingerprint density at radius 2 is 2.25 bits per heavy atom. The summed E-state index contributed by atoms with van der Waals surface area (Å²) in [7, 11) is 1.35. The highest BCUT2D eigenvalue weighted by Gasteiger charge is 2.12. The molecule has 0 amide bonds. The minimum atomic E-state index is -1.06. The Morgan fingerprint density at radius 1 is 1.58 bits per heavy atom. The maximum absolute atomic E-state index is 10.6. The van der Waals surface area contributed by atoms with Crippen LogP contribution in [0.15, 0.2) is 6.07 Å². The molecule has 0 bridgehead atoms. The van der Waals surface area contributed by atoms with Gasteiger partial charge in [-0.15, -0.1) is 5.10 Å². The Bertz CT molecular complexity index is 312. The number of nitrogens with zero attached hydrogens (tertiary/aromatic N) is 2. The van der Waals surface area contributed by atoms with Crippen molar-refractivity contribution in [1.82, 2.24) is 10.2 Å². The van der Waals surface area contributed by atoms with Crippen molar-refractivity contribution in [3.05, 3.63) is 17.3 Å². The monoisotopic (exact) mass is 168 g/mol. The molecule has 1 aromatic rings. The first-order chi connectivity index (χ1) is 5.65. The summed E-state index contributed by atoms with van der Waals surface area (Å²) in [6, 6.07) is 1.41. The van der Waals surface area contributed by atoms with Crippen molar-refractivity contribution >= 4 is 5.97 Å². The van der Waals surface area contributed by atoms with Crippen LogP contribution < -0.4 is 4.74 Å². The highest BCUT2D eigenvalue weighted by Crippen LogP contribution is 2.13. The van der Waals surface area contributed by atoms with Crippen molar-refractivity contribution in [3.63, 3.8) is 0 Å². The quantitative estimate of drug-likeness (QED) is 0.695. The number of hydrogen-bond acceptors (Lipinski definition) is 4. The maximum Gasteiger partial charge on any atom is 0.341 e. The predicted molar refractivity (Wildman–Crippen MR) is 40.3 cm³/mol. The number of aryl methyl sites for hydroxylation is 1. The third kappa shape index (κ3) is 1.50. The molecule has 5 heteroatoms. The highest BCUT2D eigenvalue weighted by molar-refractivity contribution is 5.90. The molecule has 0 aliphatic rings. The fourth-order valence-electron chi connectivity index (χ4n) is 0.782. The molecule has 0 atom stereocenters. The smallest absolute Gasteiger partial charge is 0.341 e. The Hall–Kier alpha value is -1.65. The molecule has 0 aliphatic heterocycles. The fourth-order valence-corrected chi connectivity index (χ4v) is 0.782. The summed E-state index contributed by atoms with van der Waals surface area (Å²) in [5.74, 6) is -1.03. The summed E-state index contributed by atoms with van der Waals surface area (Å²) in [6.45, 7) is 1.67. The molecule has 0 saturated heterocycles. The van der Waals surface area contributed by atoms with E-state index in [9.17, 15) is 4.79 Å². The SMILES string of the molecule is COc1nnc(C)cc1C(=O)O. The van der Waals surface area contributed by atoms with Crippen molar-refractivity contribution < 1.29 is 14.6 Å². The second kappa shape index (κ2) is 3.17. The molecule has 1 N–H and O–H groups in total. The molecule has 0 aliphatic carbocycles. The van der Waals surface area contributed by atoms with E-state index in [4.69, 9.17) is 9.84 Å². The molecule has 64 valence electrons. The minimum absolute atomic E-state index is 0.0324. The molecule has 5 nitrogen and oxygen atoms in total. The minimum Gasteiger partial charge on any atom is -0.479 e. The van der Waals surface area contributed by atoms with Crippen molar-refractivity contribution in [2.75, 3.05) is 7.11 Å². The molecule has 0 unspecified atom stereocenters. The highest BCUT2D eigenvalue weighted by atomic mass is 16.5. The van der Waals surface area contributed by atoms with E-state index in [1.54, 1.807) is 6.92 Å². The molecule has 0 saturated carbocycles. The van der Waals surface area contributed by atoms with Gasteiger partial charge in [0.05, 0.1) is 12.8 Å². The van der Waals surface area contributed by atoms with E-state index >= 15 is 0 Å². The van der Waals surface area contributed by atoms with Crippen LogP contribution >= 0.6 is 0 Å². The number of hydrogen-bond donors (Lipinski definition) is 1. The number of carboxylic acids is 1. The van der Waals surface area contributed by atoms with Gasteiger partial charge in [0.15, 0.2) is 0 Å². The van der Waals surface area contributed by atoms with E-state index < -0.39 is 5.97 Å². The average Bonchev–Trinajstić information content (AvgIpc) is 2.04. The zero-order valence-corrected chi connectivity index (χ0v) is 6.74. The van der Waals surface area contributed by atoms with Crippen LogP contribution in [-0.4, -0.2) is 28.4 Å². The van der Waals surface area contributed by atoms with Crippen LogP contribution in [0.5, 0.6) is 5.88 Å². The van der Waals surface area contributed by atoms with E-state index in [2.05, 4.69) is 10.2 Å². The number of carboxylic acid groups (broad SMARTS) is 1. The standard InChI is InChI=1S/C7H8N2O3/c1-4-3-5(7(10)11)6(12-2)9-8-4/h3H,1-2H3,(H,10,11). The lowest BCUT2D eigenvalue weighted by atomic mass is 10.2. The third-order valence-electron chi connectivity index (χ3n) is 1.31. The normalized spacial score (nSPS) is 9.50. The van der Waals surface area contributed by atoms with Crippen LogP contribution in [0.4, 0.5) is 0 Å². The summed E-state index contributed by atoms with van der Waals surface area (Å²) in [4.78, 5) is 10.6. The zero-order chi connectivity index (χ0) is 9.14. The zero-order valence-electron chi connectivity index (χ0n) is 6.74. The van der Waals surface area contributed by atoms with Crippen molar-refractivity contribution in [2.24, 2.45) is 0 Å². The lowest BCUT2D eigenvalue weighted by molar-refractivity contribution is 0.0692. The lowest BCUT2D eigenvalue weighted by Gasteiger charge is -2.01. The first-order valence-electron chi connectivity index (χ1n) is 3.26. The number of rotatable bonds is 2. The molecule has 0 aromatic carbocycles. The van der Waals surface area contributed by atoms with Crippen LogP contribution in [0.1, 0.15) is 16.1 Å². The third-order valence-corrected chi connectivity index (χ3v) is 1.31. The molecule has 0 fully saturated rings. The Kier molecular flexibility index (Phi) is 2.23. The van der Waals surface area contributed by atoms with Crippen molar-refractivity contribution in [3.8, 4) is 5.88 Å². The number of ether oxygens (including phenoxy) is 1. The molecule has 0 radical (unpaired) electrons.